The first-order valence-electron chi connectivity index (χ1n) is 6.48. The van der Waals surface area contributed by atoms with E-state index in [9.17, 15) is 9.90 Å². The number of nitriles is 1. The Labute approximate surface area is 117 Å². The Kier molecular flexibility index (Phi) is 4.93. The maximum Gasteiger partial charge on any atom is 0.221 e. The predicted molar refractivity (Wildman–Crippen MR) is 72.1 cm³/mol. The standard InChI is InChI=1S/C14H17N3O3/c15-6-10-2-1-3-13(4-10)20-9-12(18)8-16-11-5-14(19)17-7-11/h1-4,11-12,16,18H,5,7-9H2,(H,17,19). The molecule has 2 atom stereocenters. The molecule has 2 rings (SSSR count). The van der Waals surface area contributed by atoms with E-state index in [1.807, 2.05) is 6.07 Å². The first-order chi connectivity index (χ1) is 9.67. The molecule has 0 aliphatic carbocycles. The predicted octanol–water partition coefficient (Wildman–Crippen LogP) is -0.224. The van der Waals surface area contributed by atoms with Gasteiger partial charge in [-0.3, -0.25) is 4.79 Å². The fourth-order valence-electron chi connectivity index (χ4n) is 1.96. The van der Waals surface area contributed by atoms with Crippen LogP contribution < -0.4 is 15.4 Å². The van der Waals surface area contributed by atoms with Crippen LogP contribution in [-0.2, 0) is 4.79 Å². The second kappa shape index (κ2) is 6.89. The van der Waals surface area contributed by atoms with Crippen LogP contribution >= 0.6 is 0 Å². The monoisotopic (exact) mass is 275 g/mol. The summed E-state index contributed by atoms with van der Waals surface area (Å²) in [7, 11) is 0. The summed E-state index contributed by atoms with van der Waals surface area (Å²) in [6.07, 6.45) is -0.228. The Hall–Kier alpha value is -2.10. The van der Waals surface area contributed by atoms with Gasteiger partial charge in [0.15, 0.2) is 0 Å². The summed E-state index contributed by atoms with van der Waals surface area (Å²) in [5.74, 6) is 0.586. The molecule has 20 heavy (non-hydrogen) atoms. The van der Waals surface area contributed by atoms with E-state index in [2.05, 4.69) is 10.6 Å². The molecule has 1 aromatic rings. The lowest BCUT2D eigenvalue weighted by Gasteiger charge is -2.16. The van der Waals surface area contributed by atoms with E-state index in [-0.39, 0.29) is 18.6 Å². The van der Waals surface area contributed by atoms with Crippen molar-refractivity contribution >= 4 is 5.91 Å². The summed E-state index contributed by atoms with van der Waals surface area (Å²) < 4.78 is 5.42. The number of nitrogens with zero attached hydrogens (tertiary/aromatic N) is 1. The Morgan fingerprint density at radius 2 is 2.45 bits per heavy atom. The number of aliphatic hydroxyl groups excluding tert-OH is 1. The van der Waals surface area contributed by atoms with Crippen molar-refractivity contribution in [2.75, 3.05) is 19.7 Å². The van der Waals surface area contributed by atoms with Crippen LogP contribution in [0.5, 0.6) is 5.75 Å². The second-order valence-corrected chi connectivity index (χ2v) is 4.72. The highest BCUT2D eigenvalue weighted by molar-refractivity contribution is 5.78. The third-order valence-corrected chi connectivity index (χ3v) is 3.03. The van der Waals surface area contributed by atoms with Gasteiger partial charge in [-0.2, -0.15) is 5.26 Å². The van der Waals surface area contributed by atoms with Crippen molar-refractivity contribution in [1.82, 2.24) is 10.6 Å². The molecular weight excluding hydrogens is 258 g/mol. The van der Waals surface area contributed by atoms with Gasteiger partial charge in [0.1, 0.15) is 18.5 Å². The van der Waals surface area contributed by atoms with Crippen molar-refractivity contribution in [3.8, 4) is 11.8 Å². The van der Waals surface area contributed by atoms with Crippen LogP contribution in [0.2, 0.25) is 0 Å². The maximum absolute atomic E-state index is 11.0. The zero-order chi connectivity index (χ0) is 14.4. The third-order valence-electron chi connectivity index (χ3n) is 3.03. The van der Waals surface area contributed by atoms with E-state index in [1.54, 1.807) is 24.3 Å². The van der Waals surface area contributed by atoms with Crippen LogP contribution in [0.15, 0.2) is 24.3 Å². The number of aliphatic hydroxyl groups is 1. The Bertz CT molecular complexity index is 513. The lowest BCUT2D eigenvalue weighted by molar-refractivity contribution is -0.119. The van der Waals surface area contributed by atoms with Crippen LogP contribution in [0.4, 0.5) is 0 Å². The fourth-order valence-corrected chi connectivity index (χ4v) is 1.96. The van der Waals surface area contributed by atoms with E-state index in [0.717, 1.165) is 0 Å². The molecule has 0 aromatic heterocycles. The summed E-state index contributed by atoms with van der Waals surface area (Å²) in [5.41, 5.74) is 0.519. The molecule has 6 heteroatoms. The summed E-state index contributed by atoms with van der Waals surface area (Å²) in [5, 5.41) is 24.4. The van der Waals surface area contributed by atoms with Gasteiger partial charge < -0.3 is 20.5 Å². The molecule has 3 N–H and O–H groups in total. The van der Waals surface area contributed by atoms with Crippen molar-refractivity contribution in [2.45, 2.75) is 18.6 Å². The minimum absolute atomic E-state index is 0.0292. The average Bonchev–Trinajstić information content (AvgIpc) is 2.89. The van der Waals surface area contributed by atoms with Crippen LogP contribution in [-0.4, -0.2) is 42.9 Å². The van der Waals surface area contributed by atoms with Gasteiger partial charge in [-0.15, -0.1) is 0 Å². The summed E-state index contributed by atoms with van der Waals surface area (Å²) in [6.45, 7) is 1.09. The SMILES string of the molecule is N#Cc1cccc(OCC(O)CNC2CNC(=O)C2)c1. The van der Waals surface area contributed by atoms with Crippen LogP contribution in [0.1, 0.15) is 12.0 Å². The number of ether oxygens (including phenoxy) is 1. The second-order valence-electron chi connectivity index (χ2n) is 4.72. The number of rotatable bonds is 6. The van der Waals surface area contributed by atoms with E-state index < -0.39 is 6.10 Å². The van der Waals surface area contributed by atoms with Crippen molar-refractivity contribution in [3.05, 3.63) is 29.8 Å². The van der Waals surface area contributed by atoms with Crippen LogP contribution in [0.3, 0.4) is 0 Å². The quantitative estimate of drug-likeness (QED) is 0.667. The summed E-state index contributed by atoms with van der Waals surface area (Å²) >= 11 is 0. The van der Waals surface area contributed by atoms with Gasteiger partial charge in [-0.1, -0.05) is 6.07 Å². The normalized spacial score (nSPS) is 19.2. The molecular formula is C14H17N3O3. The lowest BCUT2D eigenvalue weighted by Crippen LogP contribution is -2.39. The van der Waals surface area contributed by atoms with Gasteiger partial charge in [0.2, 0.25) is 5.91 Å². The minimum Gasteiger partial charge on any atom is -0.491 e. The molecule has 1 aliphatic heterocycles. The molecule has 106 valence electrons. The summed E-state index contributed by atoms with van der Waals surface area (Å²) in [4.78, 5) is 11.0. The Morgan fingerprint density at radius 1 is 1.60 bits per heavy atom. The number of benzene rings is 1. The molecule has 1 fully saturated rings. The number of hydrogen-bond acceptors (Lipinski definition) is 5. The molecule has 1 heterocycles. The van der Waals surface area contributed by atoms with E-state index in [4.69, 9.17) is 10.00 Å². The van der Waals surface area contributed by atoms with Crippen molar-refractivity contribution in [1.29, 1.82) is 5.26 Å². The molecule has 0 spiro atoms. The van der Waals surface area contributed by atoms with Gasteiger partial charge >= 0.3 is 0 Å². The number of hydrogen-bond donors (Lipinski definition) is 3. The minimum atomic E-state index is -0.670. The molecule has 0 bridgehead atoms. The van der Waals surface area contributed by atoms with Gasteiger partial charge in [0.25, 0.3) is 0 Å². The van der Waals surface area contributed by atoms with Crippen LogP contribution in [0.25, 0.3) is 0 Å². The highest BCUT2D eigenvalue weighted by atomic mass is 16.5. The van der Waals surface area contributed by atoms with Gasteiger partial charge in [0, 0.05) is 25.6 Å². The van der Waals surface area contributed by atoms with Gasteiger partial charge in [-0.25, -0.2) is 0 Å². The highest BCUT2D eigenvalue weighted by Gasteiger charge is 2.21. The highest BCUT2D eigenvalue weighted by Crippen LogP contribution is 2.12. The van der Waals surface area contributed by atoms with Crippen LogP contribution in [0, 0.1) is 11.3 Å². The maximum atomic E-state index is 11.0. The zero-order valence-corrected chi connectivity index (χ0v) is 11.0. The smallest absolute Gasteiger partial charge is 0.221 e. The summed E-state index contributed by atoms with van der Waals surface area (Å²) in [6, 6.07) is 8.88. The first-order valence-corrected chi connectivity index (χ1v) is 6.48. The fraction of sp³-hybridized carbons (Fsp3) is 0.429. The number of carbonyl (C=O) groups is 1. The molecule has 1 aromatic carbocycles. The molecule has 1 aliphatic rings. The first kappa shape index (κ1) is 14.3. The zero-order valence-electron chi connectivity index (χ0n) is 11.0. The van der Waals surface area contributed by atoms with Gasteiger partial charge in [0.05, 0.1) is 11.6 Å². The van der Waals surface area contributed by atoms with Crippen molar-refractivity contribution in [3.63, 3.8) is 0 Å². The van der Waals surface area contributed by atoms with E-state index >= 15 is 0 Å². The van der Waals surface area contributed by atoms with Crippen molar-refractivity contribution in [2.24, 2.45) is 0 Å². The molecule has 1 saturated heterocycles. The third kappa shape index (κ3) is 4.23. The topological polar surface area (TPSA) is 94.4 Å². The number of carbonyl (C=O) groups excluding carboxylic acids is 1. The molecule has 0 radical (unpaired) electrons. The van der Waals surface area contributed by atoms with Crippen molar-refractivity contribution < 1.29 is 14.6 Å². The molecule has 0 saturated carbocycles. The average molecular weight is 275 g/mol. The van der Waals surface area contributed by atoms with E-state index in [1.165, 1.54) is 0 Å². The molecule has 6 nitrogen and oxygen atoms in total. The Morgan fingerprint density at radius 3 is 3.15 bits per heavy atom. The Balaban J connectivity index is 1.70. The van der Waals surface area contributed by atoms with E-state index in [0.29, 0.717) is 30.8 Å². The molecule has 1 amide bonds. The lowest BCUT2D eigenvalue weighted by atomic mass is 10.2. The van der Waals surface area contributed by atoms with Gasteiger partial charge in [-0.05, 0) is 18.2 Å². The number of amides is 1. The molecule has 2 unspecified atom stereocenters. The largest absolute Gasteiger partial charge is 0.491 e. The number of nitrogens with one attached hydrogen (secondary N) is 2.